The Morgan fingerprint density at radius 2 is 0.846 bits per heavy atom. The van der Waals surface area contributed by atoms with Gasteiger partial charge >= 0.3 is 0 Å². The van der Waals surface area contributed by atoms with Crippen LogP contribution in [-0.4, -0.2) is 68.8 Å². The molecule has 78 heavy (non-hydrogen) atoms. The molecule has 0 saturated heterocycles. The van der Waals surface area contributed by atoms with Gasteiger partial charge in [-0.3, -0.25) is 9.11 Å². The lowest BCUT2D eigenvalue weighted by Gasteiger charge is -2.15. The summed E-state index contributed by atoms with van der Waals surface area (Å²) >= 11 is 0.604. The number of ether oxygens (including phenoxy) is 4. The van der Waals surface area contributed by atoms with Gasteiger partial charge in [0.1, 0.15) is 50.9 Å². The smallest absolute Gasteiger partial charge is 0.298 e. The van der Waals surface area contributed by atoms with Gasteiger partial charge in [0.15, 0.2) is 0 Å². The summed E-state index contributed by atoms with van der Waals surface area (Å²) in [7, 11) is -22.2. The molecule has 8 aromatic rings. The topological polar surface area (TPSA) is 325 Å². The van der Waals surface area contributed by atoms with Gasteiger partial charge in [0.2, 0.25) is 29.5 Å². The van der Waals surface area contributed by atoms with Crippen molar-refractivity contribution >= 4 is 84.6 Å². The number of hydrogen-bond donors (Lipinski definition) is 4. The zero-order chi connectivity index (χ0) is 56.2. The Balaban J connectivity index is 0.984. The molecule has 0 aliphatic rings. The molecule has 8 rings (SSSR count). The number of fused-ring (bicyclic) bond motifs is 1. The summed E-state index contributed by atoms with van der Waals surface area (Å²) in [5.41, 5.74) is 0.851. The Labute approximate surface area is 454 Å². The van der Waals surface area contributed by atoms with Gasteiger partial charge in [-0.15, -0.1) is 8.67 Å². The maximum absolute atomic E-state index is 14.0. The minimum atomic E-state index is -5.28. The van der Waals surface area contributed by atoms with E-state index in [4.69, 9.17) is 29.5 Å². The third-order valence-corrected chi connectivity index (χ3v) is 19.7. The maximum Gasteiger partial charge on any atom is 0.298 e. The van der Waals surface area contributed by atoms with Crippen molar-refractivity contribution in [2.24, 2.45) is 0 Å². The fourth-order valence-electron chi connectivity index (χ4n) is 7.33. The fraction of sp³-hybridized carbons (Fsp3) is 0.0612. The van der Waals surface area contributed by atoms with E-state index in [1.54, 1.807) is 20.1 Å². The minimum absolute atomic E-state index is 0.0321. The van der Waals surface area contributed by atoms with Crippen LogP contribution in [0.5, 0.6) is 34.5 Å². The van der Waals surface area contributed by atoms with E-state index in [9.17, 15) is 51.2 Å². The number of aryl methyl sites for hydroxylation is 1. The van der Waals surface area contributed by atoms with Crippen molar-refractivity contribution in [3.8, 4) is 34.5 Å². The Hall–Kier alpha value is -6.65. The molecule has 0 spiro atoms. The summed E-state index contributed by atoms with van der Waals surface area (Å²) in [5, 5.41) is 26.5. The lowest BCUT2D eigenvalue weighted by Crippen LogP contribution is -2.08. The van der Waals surface area contributed by atoms with Crippen LogP contribution in [0.2, 0.25) is 0 Å². The predicted molar refractivity (Wildman–Crippen MR) is 276 cm³/mol. The van der Waals surface area contributed by atoms with Gasteiger partial charge in [0.05, 0.1) is 65.5 Å². The zero-order valence-electron chi connectivity index (χ0n) is 39.7. The normalized spacial score (nSPS) is 12.3. The minimum Gasteiger partial charge on any atom is -0.497 e. The Kier molecular flexibility index (Phi) is 17.2. The first-order valence-electron chi connectivity index (χ1n) is 21.7. The van der Waals surface area contributed by atoms with Gasteiger partial charge in [-0.2, -0.15) is 16.8 Å². The molecule has 8 aromatic carbocycles. The molecule has 0 aliphatic heterocycles. The second-order valence-electron chi connectivity index (χ2n) is 16.1. The Morgan fingerprint density at radius 1 is 0.423 bits per heavy atom. The number of rotatable bonds is 22. The zero-order valence-corrected chi connectivity index (χ0v) is 45.4. The van der Waals surface area contributed by atoms with Gasteiger partial charge < -0.3 is 18.9 Å². The highest BCUT2D eigenvalue weighted by atomic mass is 32.2. The van der Waals surface area contributed by atoms with Crippen LogP contribution in [-0.2, 0) is 75.1 Å². The standard InChI is InChI=1S/C49H38O22S7/c1-30-3-12-39(25-46(30)72-70-68-50)75(54,55)42-19-22-45(49(28-42)78(61,62)63)67-43-20-17-40(26-47(43)73-71-69-51)76(56,57)41-18-21-44(48(27-41)77(58,59)60)65-29-31-4-13-37(14-5-31)74(52,53)38-15-10-34(11-16-38)66-36-9-7-32-23-35(64-2)8-6-33(32)24-36/h3-28,50-51H,29H2,1-2H3,(H,58,59,60)(H,61,62,63). The maximum atomic E-state index is 14.0. The molecule has 0 aromatic heterocycles. The molecule has 0 aliphatic carbocycles. The highest BCUT2D eigenvalue weighted by Crippen LogP contribution is 2.41. The Morgan fingerprint density at radius 3 is 1.40 bits per heavy atom. The summed E-state index contributed by atoms with van der Waals surface area (Å²) in [4.78, 5) is -4.62. The first kappa shape index (κ1) is 57.5. The van der Waals surface area contributed by atoms with Crippen molar-refractivity contribution in [2.75, 3.05) is 7.11 Å². The molecule has 29 heteroatoms. The van der Waals surface area contributed by atoms with Crippen LogP contribution >= 0.6 is 24.1 Å². The third-order valence-electron chi connectivity index (χ3n) is 11.2. The molecular weight excluding hydrogens is 1160 g/mol. The highest BCUT2D eigenvalue weighted by Gasteiger charge is 2.29. The summed E-state index contributed by atoms with van der Waals surface area (Å²) in [6.45, 7) is 1.21. The monoisotopic (exact) mass is 1200 g/mol. The van der Waals surface area contributed by atoms with Gasteiger partial charge in [-0.25, -0.2) is 35.8 Å². The Bertz CT molecular complexity index is 4160. The van der Waals surface area contributed by atoms with Gasteiger partial charge in [-0.1, -0.05) is 40.4 Å². The van der Waals surface area contributed by atoms with Crippen LogP contribution in [0.25, 0.3) is 10.8 Å². The number of sulfone groups is 3. The van der Waals surface area contributed by atoms with Crippen molar-refractivity contribution in [3.05, 3.63) is 169 Å². The summed E-state index contributed by atoms with van der Waals surface area (Å²) < 4.78 is 185. The average Bonchev–Trinajstić information content (AvgIpc) is 3.52. The number of methoxy groups -OCH3 is 1. The van der Waals surface area contributed by atoms with E-state index in [0.717, 1.165) is 59.3 Å². The summed E-state index contributed by atoms with van der Waals surface area (Å²) in [6.07, 6.45) is 0. The molecule has 0 unspecified atom stereocenters. The van der Waals surface area contributed by atoms with Crippen molar-refractivity contribution in [3.63, 3.8) is 0 Å². The molecular formula is C49H38O22S7. The van der Waals surface area contributed by atoms with E-state index in [2.05, 4.69) is 18.7 Å². The van der Waals surface area contributed by atoms with Crippen molar-refractivity contribution in [1.82, 2.24) is 0 Å². The largest absolute Gasteiger partial charge is 0.497 e. The molecule has 0 fully saturated rings. The SMILES string of the molecule is COc1ccc2cc(Oc3ccc(S(=O)(=O)c4ccc(COc5ccc(S(=O)(=O)c6ccc(Oc7ccc(S(=O)(=O)c8ccc(C)c(SOOO)c8)cc7S(=O)(=O)O)c(SOOO)c6)cc5S(=O)(=O)O)cc4)cc3)ccc2c1. The van der Waals surface area contributed by atoms with E-state index in [-0.39, 0.29) is 43.1 Å². The van der Waals surface area contributed by atoms with E-state index < -0.39 is 91.5 Å². The van der Waals surface area contributed by atoms with Crippen molar-refractivity contribution < 1.29 is 99.4 Å². The lowest BCUT2D eigenvalue weighted by atomic mass is 10.1. The highest BCUT2D eigenvalue weighted by molar-refractivity contribution is 7.95. The molecule has 0 saturated carbocycles. The molecule has 0 radical (unpaired) electrons. The van der Waals surface area contributed by atoms with Gasteiger partial charge in [0.25, 0.3) is 20.2 Å². The lowest BCUT2D eigenvalue weighted by molar-refractivity contribution is -0.432. The van der Waals surface area contributed by atoms with Crippen LogP contribution in [0.1, 0.15) is 11.1 Å². The predicted octanol–water partition coefficient (Wildman–Crippen LogP) is 10.2. The quantitative estimate of drug-likeness (QED) is 0.0212. The van der Waals surface area contributed by atoms with Gasteiger partial charge in [-0.05, 0) is 156 Å². The number of benzene rings is 8. The second kappa shape index (κ2) is 23.4. The van der Waals surface area contributed by atoms with Crippen molar-refractivity contribution in [2.45, 2.75) is 62.5 Å². The van der Waals surface area contributed by atoms with E-state index in [1.165, 1.54) is 60.7 Å². The second-order valence-corrected chi connectivity index (χ2v) is 26.3. The van der Waals surface area contributed by atoms with E-state index >= 15 is 0 Å². The van der Waals surface area contributed by atoms with Crippen molar-refractivity contribution in [1.29, 1.82) is 0 Å². The summed E-state index contributed by atoms with van der Waals surface area (Å²) in [6, 6.07) is 33.7. The molecule has 0 heterocycles. The number of hydrogen-bond acceptors (Lipinski definition) is 22. The average molecular weight is 1200 g/mol. The van der Waals surface area contributed by atoms with Crippen LogP contribution in [0.4, 0.5) is 0 Å². The summed E-state index contributed by atoms with van der Waals surface area (Å²) in [5.74, 6) is 0.0228. The van der Waals surface area contributed by atoms with Crippen LogP contribution in [0.3, 0.4) is 0 Å². The molecule has 0 atom stereocenters. The molecule has 4 N–H and O–H groups in total. The third kappa shape index (κ3) is 12.9. The molecule has 408 valence electrons. The van der Waals surface area contributed by atoms with Crippen LogP contribution in [0.15, 0.2) is 207 Å². The first-order chi connectivity index (χ1) is 36.9. The van der Waals surface area contributed by atoms with Crippen LogP contribution in [0, 0.1) is 6.92 Å². The van der Waals surface area contributed by atoms with E-state index in [0.29, 0.717) is 52.6 Å². The van der Waals surface area contributed by atoms with Crippen LogP contribution < -0.4 is 18.9 Å². The fourth-order valence-corrected chi connectivity index (χ4v) is 13.8. The molecule has 0 bridgehead atoms. The molecule has 22 nitrogen and oxygen atoms in total. The van der Waals surface area contributed by atoms with E-state index in [1.807, 2.05) is 30.3 Å². The van der Waals surface area contributed by atoms with Gasteiger partial charge in [0, 0.05) is 4.90 Å². The first-order valence-corrected chi connectivity index (χ1v) is 30.5. The molecule has 0 amide bonds.